The summed E-state index contributed by atoms with van der Waals surface area (Å²) in [5.41, 5.74) is 1.02. The summed E-state index contributed by atoms with van der Waals surface area (Å²) in [6.45, 7) is 12.2. The van der Waals surface area contributed by atoms with Crippen molar-refractivity contribution in [3.63, 3.8) is 0 Å². The van der Waals surface area contributed by atoms with Gasteiger partial charge in [-0.15, -0.1) is 0 Å². The van der Waals surface area contributed by atoms with E-state index in [4.69, 9.17) is 14.2 Å². The lowest BCUT2D eigenvalue weighted by Gasteiger charge is -1.95. The maximum Gasteiger partial charge on any atom is 0.104 e. The molecule has 0 bridgehead atoms. The topological polar surface area (TPSA) is 34.3 Å². The zero-order chi connectivity index (χ0) is 10.4. The van der Waals surface area contributed by atoms with E-state index in [1.54, 1.807) is 6.08 Å². The van der Waals surface area contributed by atoms with Crippen molar-refractivity contribution in [3.05, 3.63) is 24.8 Å². The molecule has 2 fully saturated rings. The van der Waals surface area contributed by atoms with E-state index in [0.29, 0.717) is 12.2 Å². The molecule has 0 N–H and O–H groups in total. The fourth-order valence-electron chi connectivity index (χ4n) is 0.659. The third-order valence-electron chi connectivity index (χ3n) is 1.76. The average molecular weight is 198 g/mol. The third kappa shape index (κ3) is 6.83. The van der Waals surface area contributed by atoms with Crippen molar-refractivity contribution >= 4 is 0 Å². The molecule has 2 unspecified atom stereocenters. The van der Waals surface area contributed by atoms with Crippen LogP contribution in [-0.2, 0) is 14.2 Å². The van der Waals surface area contributed by atoms with Crippen LogP contribution in [0, 0.1) is 0 Å². The van der Waals surface area contributed by atoms with Gasteiger partial charge < -0.3 is 14.2 Å². The molecule has 0 aliphatic carbocycles. The first-order valence-electron chi connectivity index (χ1n) is 4.81. The summed E-state index contributed by atoms with van der Waals surface area (Å²) in [4.78, 5) is 0. The zero-order valence-electron chi connectivity index (χ0n) is 8.70. The lowest BCUT2D eigenvalue weighted by atomic mass is 10.4. The van der Waals surface area contributed by atoms with Gasteiger partial charge >= 0.3 is 0 Å². The van der Waals surface area contributed by atoms with Gasteiger partial charge in [-0.2, -0.15) is 0 Å². The highest BCUT2D eigenvalue weighted by atomic mass is 16.6. The summed E-state index contributed by atoms with van der Waals surface area (Å²) in [6.07, 6.45) is 2.51. The van der Waals surface area contributed by atoms with Crippen molar-refractivity contribution in [2.75, 3.05) is 26.4 Å². The molecule has 2 saturated heterocycles. The van der Waals surface area contributed by atoms with E-state index in [2.05, 4.69) is 13.2 Å². The Kier molecular flexibility index (Phi) is 4.87. The summed E-state index contributed by atoms with van der Waals surface area (Å²) >= 11 is 0. The molecule has 0 spiro atoms. The minimum atomic E-state index is 0.392. The number of allylic oxidation sites excluding steroid dienone is 2. The Morgan fingerprint density at radius 3 is 1.93 bits per heavy atom. The maximum atomic E-state index is 5.23. The van der Waals surface area contributed by atoms with Crippen LogP contribution in [-0.4, -0.2) is 38.6 Å². The Morgan fingerprint density at radius 1 is 1.36 bits per heavy atom. The molecule has 2 heterocycles. The molecule has 2 atom stereocenters. The molecule has 3 nitrogen and oxygen atoms in total. The minimum Gasteiger partial charge on any atom is -0.376 e. The zero-order valence-corrected chi connectivity index (χ0v) is 8.70. The average Bonchev–Trinajstić information content (AvgIpc) is 2.99. The fourth-order valence-corrected chi connectivity index (χ4v) is 0.659. The number of hydrogen-bond donors (Lipinski definition) is 0. The molecule has 3 heteroatoms. The number of hydrogen-bond acceptors (Lipinski definition) is 3. The van der Waals surface area contributed by atoms with Crippen LogP contribution >= 0.6 is 0 Å². The molecular formula is C11H18O3. The van der Waals surface area contributed by atoms with Crippen molar-refractivity contribution in [1.29, 1.82) is 0 Å². The fraction of sp³-hybridized carbons (Fsp3) is 0.636. The number of ether oxygens (including phenoxy) is 3. The lowest BCUT2D eigenvalue weighted by Crippen LogP contribution is -2.06. The van der Waals surface area contributed by atoms with Crippen LogP contribution in [0.15, 0.2) is 24.8 Å². The summed E-state index contributed by atoms with van der Waals surface area (Å²) in [6, 6.07) is 0. The van der Waals surface area contributed by atoms with Crippen molar-refractivity contribution in [3.8, 4) is 0 Å². The van der Waals surface area contributed by atoms with Gasteiger partial charge in [0.05, 0.1) is 26.4 Å². The van der Waals surface area contributed by atoms with Crippen LogP contribution in [0.3, 0.4) is 0 Å². The van der Waals surface area contributed by atoms with Crippen LogP contribution in [0.25, 0.3) is 0 Å². The predicted molar refractivity (Wildman–Crippen MR) is 55.3 cm³/mol. The van der Waals surface area contributed by atoms with Crippen LogP contribution < -0.4 is 0 Å². The van der Waals surface area contributed by atoms with Gasteiger partial charge in [0.2, 0.25) is 0 Å². The number of epoxide rings is 2. The first-order chi connectivity index (χ1) is 6.72. The highest BCUT2D eigenvalue weighted by molar-refractivity contribution is 5.05. The first-order valence-corrected chi connectivity index (χ1v) is 4.81. The van der Waals surface area contributed by atoms with Crippen molar-refractivity contribution in [2.45, 2.75) is 19.1 Å². The SMILES string of the molecule is C(OCC1CO1)C1CO1.C=CC(=C)C. The molecule has 14 heavy (non-hydrogen) atoms. The van der Waals surface area contributed by atoms with Crippen molar-refractivity contribution in [2.24, 2.45) is 0 Å². The van der Waals surface area contributed by atoms with Gasteiger partial charge in [0.1, 0.15) is 12.2 Å². The largest absolute Gasteiger partial charge is 0.376 e. The molecule has 0 aromatic carbocycles. The molecule has 2 aliphatic rings. The molecule has 0 amide bonds. The van der Waals surface area contributed by atoms with E-state index in [1.807, 2.05) is 6.92 Å². The van der Waals surface area contributed by atoms with E-state index < -0.39 is 0 Å². The minimum absolute atomic E-state index is 0.392. The second-order valence-electron chi connectivity index (χ2n) is 3.50. The van der Waals surface area contributed by atoms with Gasteiger partial charge in [0, 0.05) is 0 Å². The first kappa shape index (κ1) is 11.4. The molecule has 2 aliphatic heterocycles. The normalized spacial score (nSPS) is 27.2. The Labute approximate surface area is 85.3 Å². The van der Waals surface area contributed by atoms with Gasteiger partial charge in [-0.3, -0.25) is 0 Å². The highest BCUT2D eigenvalue weighted by Crippen LogP contribution is 2.12. The summed E-state index contributed by atoms with van der Waals surface area (Å²) in [5.74, 6) is 0. The number of rotatable bonds is 5. The summed E-state index contributed by atoms with van der Waals surface area (Å²) in [7, 11) is 0. The Bertz CT molecular complexity index is 181. The predicted octanol–water partition coefficient (Wildman–Crippen LogP) is 1.55. The summed E-state index contributed by atoms with van der Waals surface area (Å²) in [5, 5.41) is 0. The van der Waals surface area contributed by atoms with Gasteiger partial charge in [-0.05, 0) is 6.92 Å². The van der Waals surface area contributed by atoms with Gasteiger partial charge in [-0.25, -0.2) is 0 Å². The Hall–Kier alpha value is -0.640. The van der Waals surface area contributed by atoms with E-state index in [9.17, 15) is 0 Å². The van der Waals surface area contributed by atoms with Crippen molar-refractivity contribution in [1.82, 2.24) is 0 Å². The van der Waals surface area contributed by atoms with Crippen LogP contribution in [0.4, 0.5) is 0 Å². The van der Waals surface area contributed by atoms with Gasteiger partial charge in [0.25, 0.3) is 0 Å². The highest BCUT2D eigenvalue weighted by Gasteiger charge is 2.26. The van der Waals surface area contributed by atoms with Crippen molar-refractivity contribution < 1.29 is 14.2 Å². The van der Waals surface area contributed by atoms with E-state index >= 15 is 0 Å². The second-order valence-corrected chi connectivity index (χ2v) is 3.50. The van der Waals surface area contributed by atoms with E-state index in [-0.39, 0.29) is 0 Å². The standard InChI is InChI=1S/C6H10O3.C5H8/c1(5-3-8-5)7-2-6-4-9-6;1-4-5(2)3/h5-6H,1-4H2;4H,1-2H2,3H3. The van der Waals surface area contributed by atoms with Gasteiger partial charge in [0.15, 0.2) is 0 Å². The molecule has 2 rings (SSSR count). The molecule has 0 saturated carbocycles. The molecular weight excluding hydrogens is 180 g/mol. The quantitative estimate of drug-likeness (QED) is 0.496. The van der Waals surface area contributed by atoms with Gasteiger partial charge in [-0.1, -0.05) is 24.8 Å². The third-order valence-corrected chi connectivity index (χ3v) is 1.76. The van der Waals surface area contributed by atoms with Crippen LogP contribution in [0.2, 0.25) is 0 Å². The smallest absolute Gasteiger partial charge is 0.104 e. The monoisotopic (exact) mass is 198 g/mol. The molecule has 0 radical (unpaired) electrons. The summed E-state index contributed by atoms with van der Waals surface area (Å²) < 4.78 is 15.1. The van der Waals surface area contributed by atoms with Crippen LogP contribution in [0.5, 0.6) is 0 Å². The Balaban J connectivity index is 0.000000171. The second kappa shape index (κ2) is 5.96. The molecule has 0 aromatic rings. The molecule has 0 aromatic heterocycles. The van der Waals surface area contributed by atoms with Crippen LogP contribution in [0.1, 0.15) is 6.92 Å². The van der Waals surface area contributed by atoms with E-state index in [0.717, 1.165) is 32.0 Å². The lowest BCUT2D eigenvalue weighted by molar-refractivity contribution is 0.102. The Morgan fingerprint density at radius 2 is 1.71 bits per heavy atom. The van der Waals surface area contributed by atoms with E-state index in [1.165, 1.54) is 0 Å². The molecule has 80 valence electrons. The maximum absolute atomic E-state index is 5.23.